The molecule has 0 aromatic heterocycles. The molecule has 0 amide bonds. The number of carbonyl (C=O) groups is 1. The van der Waals surface area contributed by atoms with Crippen molar-refractivity contribution in [1.82, 2.24) is 0 Å². The van der Waals surface area contributed by atoms with Crippen molar-refractivity contribution in [1.29, 1.82) is 0 Å². The second-order valence-corrected chi connectivity index (χ2v) is 2.61. The van der Waals surface area contributed by atoms with Gasteiger partial charge < -0.3 is 4.74 Å². The number of hydrogen-bond donors (Lipinski definition) is 0. The molecule has 4 heteroatoms. The van der Waals surface area contributed by atoms with Gasteiger partial charge in [-0.25, -0.2) is 13.6 Å². The molecule has 0 unspecified atom stereocenters. The average Bonchev–Trinajstić information content (AvgIpc) is 2.10. The first-order valence-electron chi connectivity index (χ1n) is 4.24. The first-order valence-corrected chi connectivity index (χ1v) is 4.24. The molecule has 13 heavy (non-hydrogen) atoms. The highest BCUT2D eigenvalue weighted by Gasteiger charge is 2.01. The SMILES string of the molecule is C=CC(=O)OCCCCCC(F)F. The summed E-state index contributed by atoms with van der Waals surface area (Å²) >= 11 is 0. The highest BCUT2D eigenvalue weighted by molar-refractivity contribution is 5.81. The van der Waals surface area contributed by atoms with Gasteiger partial charge >= 0.3 is 5.97 Å². The zero-order valence-corrected chi connectivity index (χ0v) is 7.47. The van der Waals surface area contributed by atoms with Gasteiger partial charge in [0.05, 0.1) is 6.61 Å². The fourth-order valence-electron chi connectivity index (χ4n) is 0.809. The Hall–Kier alpha value is -0.930. The van der Waals surface area contributed by atoms with Crippen LogP contribution in [0.4, 0.5) is 8.78 Å². The van der Waals surface area contributed by atoms with E-state index < -0.39 is 12.4 Å². The van der Waals surface area contributed by atoms with Gasteiger partial charge in [0.15, 0.2) is 0 Å². The molecule has 0 radical (unpaired) electrons. The predicted molar refractivity (Wildman–Crippen MR) is 45.6 cm³/mol. The summed E-state index contributed by atoms with van der Waals surface area (Å²) < 4.78 is 27.9. The van der Waals surface area contributed by atoms with Crippen LogP contribution in [0.2, 0.25) is 0 Å². The molecule has 0 saturated carbocycles. The number of halogens is 2. The molecule has 0 aliphatic carbocycles. The quantitative estimate of drug-likeness (QED) is 0.352. The Morgan fingerprint density at radius 2 is 2.08 bits per heavy atom. The minimum absolute atomic E-state index is 0.0740. The van der Waals surface area contributed by atoms with Gasteiger partial charge in [0.2, 0.25) is 6.43 Å². The van der Waals surface area contributed by atoms with Crippen LogP contribution in [0.25, 0.3) is 0 Å². The summed E-state index contributed by atoms with van der Waals surface area (Å²) in [6.45, 7) is 3.51. The lowest BCUT2D eigenvalue weighted by Gasteiger charge is -2.01. The molecule has 0 atom stereocenters. The summed E-state index contributed by atoms with van der Waals surface area (Å²) in [6.07, 6.45) is 0.551. The maximum absolute atomic E-state index is 11.6. The molecule has 0 spiro atoms. The van der Waals surface area contributed by atoms with Gasteiger partial charge in [0.1, 0.15) is 0 Å². The molecular weight excluding hydrogens is 178 g/mol. The smallest absolute Gasteiger partial charge is 0.330 e. The zero-order valence-electron chi connectivity index (χ0n) is 7.47. The average molecular weight is 192 g/mol. The Bertz CT molecular complexity index is 158. The number of alkyl halides is 2. The van der Waals surface area contributed by atoms with E-state index >= 15 is 0 Å². The van der Waals surface area contributed by atoms with Crippen LogP contribution in [0.5, 0.6) is 0 Å². The molecule has 0 aromatic rings. The van der Waals surface area contributed by atoms with Crippen LogP contribution >= 0.6 is 0 Å². The second-order valence-electron chi connectivity index (χ2n) is 2.61. The van der Waals surface area contributed by atoms with Gasteiger partial charge in [-0.3, -0.25) is 0 Å². The van der Waals surface area contributed by atoms with E-state index in [1.54, 1.807) is 0 Å². The Kier molecular flexibility index (Phi) is 7.15. The summed E-state index contributed by atoms with van der Waals surface area (Å²) in [5, 5.41) is 0. The van der Waals surface area contributed by atoms with E-state index in [1.165, 1.54) is 0 Å². The largest absolute Gasteiger partial charge is 0.463 e. The standard InChI is InChI=1S/C9H14F2O2/c1-2-9(12)13-7-5-3-4-6-8(10)11/h2,8H,1,3-7H2. The molecule has 0 aliphatic heterocycles. The van der Waals surface area contributed by atoms with E-state index in [4.69, 9.17) is 0 Å². The fourth-order valence-corrected chi connectivity index (χ4v) is 0.809. The molecule has 0 rings (SSSR count). The maximum atomic E-state index is 11.6. The van der Waals surface area contributed by atoms with Gasteiger partial charge in [-0.05, 0) is 19.3 Å². The van der Waals surface area contributed by atoms with Crippen molar-refractivity contribution < 1.29 is 18.3 Å². The monoisotopic (exact) mass is 192 g/mol. The number of carbonyl (C=O) groups excluding carboxylic acids is 1. The third kappa shape index (κ3) is 8.98. The Balaban J connectivity index is 3.08. The summed E-state index contributed by atoms with van der Waals surface area (Å²) in [6, 6.07) is 0. The number of unbranched alkanes of at least 4 members (excludes halogenated alkanes) is 2. The normalized spacial score (nSPS) is 10.1. The lowest BCUT2D eigenvalue weighted by molar-refractivity contribution is -0.137. The third-order valence-corrected chi connectivity index (χ3v) is 1.48. The Morgan fingerprint density at radius 1 is 1.38 bits per heavy atom. The topological polar surface area (TPSA) is 26.3 Å². The van der Waals surface area contributed by atoms with Gasteiger partial charge in [-0.15, -0.1) is 0 Å². The van der Waals surface area contributed by atoms with Gasteiger partial charge in [-0.1, -0.05) is 6.58 Å². The highest BCUT2D eigenvalue weighted by Crippen LogP contribution is 2.07. The van der Waals surface area contributed by atoms with E-state index in [1.807, 2.05) is 0 Å². The molecule has 0 heterocycles. The van der Waals surface area contributed by atoms with E-state index in [0.29, 0.717) is 19.3 Å². The molecule has 76 valence electrons. The lowest BCUT2D eigenvalue weighted by Crippen LogP contribution is -2.01. The van der Waals surface area contributed by atoms with Gasteiger partial charge in [-0.2, -0.15) is 0 Å². The van der Waals surface area contributed by atoms with Crippen molar-refractivity contribution in [3.05, 3.63) is 12.7 Å². The summed E-state index contributed by atoms with van der Waals surface area (Å²) in [4.78, 5) is 10.5. The molecule has 0 aromatic carbocycles. The van der Waals surface area contributed by atoms with Crippen LogP contribution in [0, 0.1) is 0 Å². The fraction of sp³-hybridized carbons (Fsp3) is 0.667. The van der Waals surface area contributed by atoms with Crippen LogP contribution in [0.1, 0.15) is 25.7 Å². The first-order chi connectivity index (χ1) is 6.16. The van der Waals surface area contributed by atoms with Crippen molar-refractivity contribution in [3.8, 4) is 0 Å². The van der Waals surface area contributed by atoms with Crippen molar-refractivity contribution >= 4 is 5.97 Å². The van der Waals surface area contributed by atoms with Gasteiger partial charge in [0.25, 0.3) is 0 Å². The molecule has 2 nitrogen and oxygen atoms in total. The number of esters is 1. The van der Waals surface area contributed by atoms with Crippen molar-refractivity contribution in [2.75, 3.05) is 6.61 Å². The molecule has 0 fully saturated rings. The van der Waals surface area contributed by atoms with E-state index in [-0.39, 0.29) is 13.0 Å². The van der Waals surface area contributed by atoms with E-state index in [0.717, 1.165) is 6.08 Å². The molecule has 0 aliphatic rings. The lowest BCUT2D eigenvalue weighted by atomic mass is 10.2. The first kappa shape index (κ1) is 12.1. The van der Waals surface area contributed by atoms with Crippen LogP contribution in [0.3, 0.4) is 0 Å². The molecular formula is C9H14F2O2. The zero-order chi connectivity index (χ0) is 10.1. The minimum Gasteiger partial charge on any atom is -0.463 e. The van der Waals surface area contributed by atoms with Crippen LogP contribution < -0.4 is 0 Å². The molecule has 0 saturated heterocycles. The number of hydrogen-bond acceptors (Lipinski definition) is 2. The van der Waals surface area contributed by atoms with Crippen molar-refractivity contribution in [2.24, 2.45) is 0 Å². The van der Waals surface area contributed by atoms with Crippen molar-refractivity contribution in [2.45, 2.75) is 32.1 Å². The molecule has 0 bridgehead atoms. The van der Waals surface area contributed by atoms with Crippen LogP contribution in [-0.4, -0.2) is 19.0 Å². The van der Waals surface area contributed by atoms with E-state index in [2.05, 4.69) is 11.3 Å². The third-order valence-electron chi connectivity index (χ3n) is 1.48. The minimum atomic E-state index is -2.23. The summed E-state index contributed by atoms with van der Waals surface area (Å²) in [5.41, 5.74) is 0. The Labute approximate surface area is 76.6 Å². The van der Waals surface area contributed by atoms with E-state index in [9.17, 15) is 13.6 Å². The Morgan fingerprint density at radius 3 is 2.62 bits per heavy atom. The van der Waals surface area contributed by atoms with Crippen molar-refractivity contribution in [3.63, 3.8) is 0 Å². The second kappa shape index (κ2) is 7.71. The van der Waals surface area contributed by atoms with Crippen LogP contribution in [-0.2, 0) is 9.53 Å². The number of rotatable bonds is 7. The summed E-state index contributed by atoms with van der Waals surface area (Å²) in [7, 11) is 0. The van der Waals surface area contributed by atoms with Gasteiger partial charge in [0, 0.05) is 12.5 Å². The molecule has 0 N–H and O–H groups in total. The summed E-state index contributed by atoms with van der Waals surface area (Å²) in [5.74, 6) is -0.464. The number of ether oxygens (including phenoxy) is 1. The van der Waals surface area contributed by atoms with Crippen LogP contribution in [0.15, 0.2) is 12.7 Å². The maximum Gasteiger partial charge on any atom is 0.330 e. The highest BCUT2D eigenvalue weighted by atomic mass is 19.3. The predicted octanol–water partition coefficient (Wildman–Crippen LogP) is 2.54.